The molecule has 2 bridgehead atoms. The summed E-state index contributed by atoms with van der Waals surface area (Å²) in [5, 5.41) is 3.56. The van der Waals surface area contributed by atoms with Crippen molar-refractivity contribution >= 4 is 11.6 Å². The average molecular weight is 509 g/mol. The summed E-state index contributed by atoms with van der Waals surface area (Å²) in [6, 6.07) is 21.0. The third kappa shape index (κ3) is 5.64. The first-order valence-corrected chi connectivity index (χ1v) is 12.7. The Balaban J connectivity index is 1.48. The summed E-state index contributed by atoms with van der Waals surface area (Å²) in [4.78, 5) is 21.9. The van der Waals surface area contributed by atoms with Crippen molar-refractivity contribution < 1.29 is 18.0 Å². The van der Waals surface area contributed by atoms with Crippen LogP contribution >= 0.6 is 0 Å². The quantitative estimate of drug-likeness (QED) is 0.479. The molecule has 1 amide bonds. The number of hydrogen-bond donors (Lipinski definition) is 1. The zero-order valence-electron chi connectivity index (χ0n) is 20.8. The molecule has 1 N–H and O–H groups in total. The minimum atomic E-state index is -4.55. The fourth-order valence-electron chi connectivity index (χ4n) is 5.57. The summed E-state index contributed by atoms with van der Waals surface area (Å²) in [6.45, 7) is 3.96. The number of carbonyl (C=O) groups is 1. The first kappa shape index (κ1) is 25.3. The van der Waals surface area contributed by atoms with Crippen LogP contribution in [0.2, 0.25) is 0 Å². The van der Waals surface area contributed by atoms with Gasteiger partial charge in [0.1, 0.15) is 5.69 Å². The number of halogens is 3. The van der Waals surface area contributed by atoms with Gasteiger partial charge in [0.15, 0.2) is 0 Å². The molecular formula is C29H31F3N4O. The monoisotopic (exact) mass is 508 g/mol. The van der Waals surface area contributed by atoms with E-state index in [0.29, 0.717) is 19.1 Å². The number of pyridine rings is 1. The molecule has 0 spiro atoms. The van der Waals surface area contributed by atoms with Gasteiger partial charge < -0.3 is 10.2 Å². The van der Waals surface area contributed by atoms with Crippen LogP contribution in [0.4, 0.5) is 18.9 Å². The van der Waals surface area contributed by atoms with Crippen molar-refractivity contribution in [2.24, 2.45) is 0 Å². The zero-order chi connectivity index (χ0) is 26.0. The maximum absolute atomic E-state index is 13.8. The number of aryl methyl sites for hydroxylation is 1. The van der Waals surface area contributed by atoms with Gasteiger partial charge in [0.2, 0.25) is 0 Å². The van der Waals surface area contributed by atoms with E-state index < -0.39 is 11.9 Å². The van der Waals surface area contributed by atoms with Gasteiger partial charge in [0, 0.05) is 44.0 Å². The molecule has 5 nitrogen and oxygen atoms in total. The third-order valence-corrected chi connectivity index (χ3v) is 7.48. The Hall–Kier alpha value is -3.39. The van der Waals surface area contributed by atoms with Crippen LogP contribution in [0, 0.1) is 6.92 Å². The van der Waals surface area contributed by atoms with Gasteiger partial charge in [-0.2, -0.15) is 13.2 Å². The van der Waals surface area contributed by atoms with Gasteiger partial charge in [0.05, 0.1) is 11.3 Å². The predicted molar refractivity (Wildman–Crippen MR) is 137 cm³/mol. The largest absolute Gasteiger partial charge is 0.433 e. The smallest absolute Gasteiger partial charge is 0.385 e. The van der Waals surface area contributed by atoms with E-state index in [-0.39, 0.29) is 23.2 Å². The predicted octanol–water partition coefficient (Wildman–Crippen LogP) is 5.90. The van der Waals surface area contributed by atoms with Gasteiger partial charge in [-0.25, -0.2) is 4.98 Å². The molecule has 8 heteroatoms. The van der Waals surface area contributed by atoms with Crippen LogP contribution in [0.3, 0.4) is 0 Å². The van der Waals surface area contributed by atoms with Gasteiger partial charge in [-0.1, -0.05) is 48.5 Å². The van der Waals surface area contributed by atoms with Gasteiger partial charge in [-0.3, -0.25) is 9.69 Å². The molecule has 2 aromatic carbocycles. The second-order valence-corrected chi connectivity index (χ2v) is 9.93. The number of nitrogens with one attached hydrogen (secondary N) is 1. The van der Waals surface area contributed by atoms with Crippen LogP contribution in [0.5, 0.6) is 0 Å². The summed E-state index contributed by atoms with van der Waals surface area (Å²) >= 11 is 0. The molecule has 5 rings (SSSR count). The van der Waals surface area contributed by atoms with Gasteiger partial charge >= 0.3 is 6.18 Å². The van der Waals surface area contributed by atoms with Gasteiger partial charge in [-0.15, -0.1) is 0 Å². The lowest BCUT2D eigenvalue weighted by molar-refractivity contribution is -0.141. The number of hydrogen-bond acceptors (Lipinski definition) is 4. The lowest BCUT2D eigenvalue weighted by Crippen LogP contribution is -2.45. The Morgan fingerprint density at radius 2 is 1.70 bits per heavy atom. The van der Waals surface area contributed by atoms with Crippen molar-refractivity contribution in [3.63, 3.8) is 0 Å². The fourth-order valence-corrected chi connectivity index (χ4v) is 5.57. The van der Waals surface area contributed by atoms with E-state index in [1.165, 1.54) is 18.6 Å². The van der Waals surface area contributed by atoms with E-state index >= 15 is 0 Å². The first-order valence-electron chi connectivity index (χ1n) is 12.7. The fraction of sp³-hybridized carbons (Fsp3) is 0.379. The number of benzene rings is 2. The molecule has 0 radical (unpaired) electrons. The molecule has 3 heterocycles. The van der Waals surface area contributed by atoms with Gasteiger partial charge in [0.25, 0.3) is 5.91 Å². The average Bonchev–Trinajstić information content (AvgIpc) is 3.23. The lowest BCUT2D eigenvalue weighted by atomic mass is 10.1. The number of para-hydroxylation sites is 1. The molecule has 194 valence electrons. The Bertz CT molecular complexity index is 1250. The number of fused-ring (bicyclic) bond motifs is 3. The van der Waals surface area contributed by atoms with E-state index in [2.05, 4.69) is 27.3 Å². The summed E-state index contributed by atoms with van der Waals surface area (Å²) < 4.78 is 39.6. The minimum Gasteiger partial charge on any atom is -0.385 e. The van der Waals surface area contributed by atoms with E-state index in [1.54, 1.807) is 4.90 Å². The Morgan fingerprint density at radius 3 is 2.46 bits per heavy atom. The number of aromatic nitrogens is 1. The molecule has 3 aromatic rings. The molecule has 1 aromatic heterocycles. The van der Waals surface area contributed by atoms with E-state index in [1.807, 2.05) is 42.5 Å². The van der Waals surface area contributed by atoms with Crippen LogP contribution in [0.1, 0.15) is 52.1 Å². The van der Waals surface area contributed by atoms with Crippen LogP contribution in [-0.2, 0) is 19.3 Å². The molecule has 1 saturated heterocycles. The van der Waals surface area contributed by atoms with Gasteiger partial charge in [-0.05, 0) is 55.5 Å². The summed E-state index contributed by atoms with van der Waals surface area (Å²) in [7, 11) is 0. The highest BCUT2D eigenvalue weighted by Gasteiger charge is 2.37. The standard InChI is InChI=1S/C29H31F3N4O/c1-20-25(13-14-27(34-20)29(30,31)32)28(37)35-18-22-9-5-6-10-26(22)33-16-15-23-11-12-24(19-35)36(23)17-21-7-3-2-4-8-21/h2-10,13-14,23-24,33H,11-12,15-19H2,1H3/t23-,24+/m0/s1. The number of carbonyl (C=O) groups excluding carboxylic acids is 1. The highest BCUT2D eigenvalue weighted by atomic mass is 19.4. The van der Waals surface area contributed by atoms with Crippen LogP contribution in [0.15, 0.2) is 66.7 Å². The molecule has 0 aliphatic carbocycles. The first-order chi connectivity index (χ1) is 17.8. The van der Waals surface area contributed by atoms with Crippen molar-refractivity contribution in [3.8, 4) is 0 Å². The Morgan fingerprint density at radius 1 is 0.973 bits per heavy atom. The molecule has 2 atom stereocenters. The Kier molecular flexibility index (Phi) is 7.20. The van der Waals surface area contributed by atoms with E-state index in [9.17, 15) is 18.0 Å². The molecule has 37 heavy (non-hydrogen) atoms. The molecule has 2 aliphatic heterocycles. The molecule has 2 aliphatic rings. The molecular weight excluding hydrogens is 477 g/mol. The number of anilines is 1. The maximum Gasteiger partial charge on any atom is 0.433 e. The second-order valence-electron chi connectivity index (χ2n) is 9.93. The summed E-state index contributed by atoms with van der Waals surface area (Å²) in [5.74, 6) is -0.295. The topological polar surface area (TPSA) is 48.5 Å². The van der Waals surface area contributed by atoms with Crippen LogP contribution in [0.25, 0.3) is 0 Å². The van der Waals surface area contributed by atoms with Crippen molar-refractivity contribution in [1.82, 2.24) is 14.8 Å². The normalized spacial score (nSPS) is 20.6. The zero-order valence-corrected chi connectivity index (χ0v) is 20.8. The summed E-state index contributed by atoms with van der Waals surface area (Å²) in [5.41, 5.74) is 2.51. The third-order valence-electron chi connectivity index (χ3n) is 7.48. The highest BCUT2D eigenvalue weighted by Crippen LogP contribution is 2.32. The Labute approximate surface area is 215 Å². The second kappa shape index (κ2) is 10.5. The number of nitrogens with zero attached hydrogens (tertiary/aromatic N) is 3. The maximum atomic E-state index is 13.8. The van der Waals surface area contributed by atoms with Crippen LogP contribution in [-0.4, -0.2) is 45.9 Å². The van der Waals surface area contributed by atoms with Crippen molar-refractivity contribution in [2.75, 3.05) is 18.4 Å². The van der Waals surface area contributed by atoms with Crippen LogP contribution < -0.4 is 5.32 Å². The number of rotatable bonds is 3. The molecule has 0 unspecified atom stereocenters. The SMILES string of the molecule is Cc1nc(C(F)(F)F)ccc1C(=O)N1Cc2ccccc2NCC[C@@H]2CC[C@H](C1)N2Cc1ccccc1. The van der Waals surface area contributed by atoms with Crippen molar-refractivity contribution in [3.05, 3.63) is 94.8 Å². The highest BCUT2D eigenvalue weighted by molar-refractivity contribution is 5.95. The van der Waals surface area contributed by atoms with Crippen molar-refractivity contribution in [2.45, 2.75) is 57.5 Å². The minimum absolute atomic E-state index is 0.0889. The number of alkyl halides is 3. The number of amides is 1. The summed E-state index contributed by atoms with van der Waals surface area (Å²) in [6.07, 6.45) is -1.55. The van der Waals surface area contributed by atoms with E-state index in [0.717, 1.165) is 49.7 Å². The molecule has 0 saturated carbocycles. The lowest BCUT2D eigenvalue weighted by Gasteiger charge is -2.34. The molecule has 1 fully saturated rings. The van der Waals surface area contributed by atoms with E-state index in [4.69, 9.17) is 0 Å². The van der Waals surface area contributed by atoms with Crippen molar-refractivity contribution in [1.29, 1.82) is 0 Å².